The third-order valence-corrected chi connectivity index (χ3v) is 10.5. The third-order valence-electron chi connectivity index (χ3n) is 10.5. The molecule has 5 heteroatoms. The smallest absolute Gasteiger partial charge is 0.164 e. The summed E-state index contributed by atoms with van der Waals surface area (Å²) in [5, 5.41) is 6.67. The standard InChI is InChI=1S/C47H29N3O2/c1-2-11-29-26-30(21-20-28(29)10-1)45-48-46(31-22-23-36-35-14-5-7-17-40(35)52-43(36)27-31)50-47(49-45)38-25-24-34(32-12-3-4-13-33(32)38)37-16-9-19-42-44(37)39-15-6-8-18-41(39)51-42/h1-27,42,44H. The number of benzene rings is 7. The third kappa shape index (κ3) is 4.53. The highest BCUT2D eigenvalue weighted by Gasteiger charge is 2.37. The zero-order valence-corrected chi connectivity index (χ0v) is 27.9. The summed E-state index contributed by atoms with van der Waals surface area (Å²) in [5.74, 6) is 2.89. The van der Waals surface area contributed by atoms with E-state index < -0.39 is 0 Å². The van der Waals surface area contributed by atoms with Crippen molar-refractivity contribution in [3.8, 4) is 39.9 Å². The van der Waals surface area contributed by atoms with E-state index in [0.717, 1.165) is 60.5 Å². The molecule has 2 aliphatic rings. The van der Waals surface area contributed by atoms with Crippen LogP contribution in [0.5, 0.6) is 5.75 Å². The van der Waals surface area contributed by atoms with Gasteiger partial charge >= 0.3 is 0 Å². The Hall–Kier alpha value is -6.85. The predicted octanol–water partition coefficient (Wildman–Crippen LogP) is 11.6. The Morgan fingerprint density at radius 3 is 2.02 bits per heavy atom. The van der Waals surface area contributed by atoms with E-state index in [9.17, 15) is 0 Å². The molecule has 0 amide bonds. The topological polar surface area (TPSA) is 61.0 Å². The van der Waals surface area contributed by atoms with Gasteiger partial charge in [-0.2, -0.15) is 0 Å². The summed E-state index contributed by atoms with van der Waals surface area (Å²) in [6.45, 7) is 0. The minimum Gasteiger partial charge on any atom is -0.485 e. The van der Waals surface area contributed by atoms with Crippen molar-refractivity contribution in [3.63, 3.8) is 0 Å². The average Bonchev–Trinajstić information content (AvgIpc) is 3.78. The normalized spacial score (nSPS) is 16.3. The number of para-hydroxylation sites is 2. The first kappa shape index (κ1) is 28.9. The van der Waals surface area contributed by atoms with Gasteiger partial charge in [0.05, 0.1) is 5.92 Å². The van der Waals surface area contributed by atoms with Gasteiger partial charge in [0.1, 0.15) is 23.0 Å². The van der Waals surface area contributed by atoms with Gasteiger partial charge in [0, 0.05) is 33.0 Å². The van der Waals surface area contributed by atoms with Gasteiger partial charge in [0.15, 0.2) is 17.5 Å². The summed E-state index contributed by atoms with van der Waals surface area (Å²) in [6, 6.07) is 50.4. The Morgan fingerprint density at radius 2 is 1.13 bits per heavy atom. The molecule has 244 valence electrons. The molecular formula is C47H29N3O2. The van der Waals surface area contributed by atoms with Crippen LogP contribution in [0.3, 0.4) is 0 Å². The first-order chi connectivity index (χ1) is 25.7. The van der Waals surface area contributed by atoms with E-state index in [4.69, 9.17) is 24.1 Å². The van der Waals surface area contributed by atoms with E-state index in [1.807, 2.05) is 30.3 Å². The SMILES string of the molecule is C1=CC2Oc3ccccc3C2C(c2ccc(-c3nc(-c4ccc5ccccc5c4)nc(-c4ccc5c(c4)oc4ccccc45)n3)c3ccccc23)=C1. The number of fused-ring (bicyclic) bond motifs is 8. The molecule has 1 aliphatic heterocycles. The molecule has 2 atom stereocenters. The number of furan rings is 1. The summed E-state index contributed by atoms with van der Waals surface area (Å²) in [7, 11) is 0. The molecule has 5 nitrogen and oxygen atoms in total. The number of allylic oxidation sites excluding steroid dienone is 2. The van der Waals surface area contributed by atoms with Crippen LogP contribution in [0.25, 0.3) is 83.2 Å². The second-order valence-electron chi connectivity index (χ2n) is 13.5. The van der Waals surface area contributed by atoms with Crippen molar-refractivity contribution in [2.75, 3.05) is 0 Å². The summed E-state index contributed by atoms with van der Waals surface area (Å²) in [4.78, 5) is 15.5. The van der Waals surface area contributed by atoms with Crippen LogP contribution < -0.4 is 4.74 Å². The van der Waals surface area contributed by atoms with Crippen LogP contribution in [-0.2, 0) is 0 Å². The lowest BCUT2D eigenvalue weighted by Crippen LogP contribution is -2.19. The maximum atomic E-state index is 6.39. The number of aromatic nitrogens is 3. The van der Waals surface area contributed by atoms with Crippen LogP contribution in [0.15, 0.2) is 168 Å². The van der Waals surface area contributed by atoms with Crippen LogP contribution in [0.4, 0.5) is 0 Å². The fourth-order valence-electron chi connectivity index (χ4n) is 8.05. The number of nitrogens with zero attached hydrogens (tertiary/aromatic N) is 3. The monoisotopic (exact) mass is 667 g/mol. The van der Waals surface area contributed by atoms with E-state index in [2.05, 4.69) is 133 Å². The quantitative estimate of drug-likeness (QED) is 0.187. The summed E-state index contributed by atoms with van der Waals surface area (Å²) in [5.41, 5.74) is 8.04. The maximum Gasteiger partial charge on any atom is 0.164 e. The number of hydrogen-bond acceptors (Lipinski definition) is 5. The highest BCUT2D eigenvalue weighted by molar-refractivity contribution is 6.06. The summed E-state index contributed by atoms with van der Waals surface area (Å²) < 4.78 is 12.7. The van der Waals surface area contributed by atoms with Gasteiger partial charge in [-0.15, -0.1) is 0 Å². The second-order valence-corrected chi connectivity index (χ2v) is 13.5. The number of ether oxygens (including phenoxy) is 1. The van der Waals surface area contributed by atoms with Crippen molar-refractivity contribution in [1.29, 1.82) is 0 Å². The molecular weight excluding hydrogens is 639 g/mol. The highest BCUT2D eigenvalue weighted by atomic mass is 16.5. The van der Waals surface area contributed by atoms with Crippen molar-refractivity contribution in [2.45, 2.75) is 12.0 Å². The average molecular weight is 668 g/mol. The van der Waals surface area contributed by atoms with Gasteiger partial charge in [-0.3, -0.25) is 0 Å². The van der Waals surface area contributed by atoms with Crippen LogP contribution in [0.1, 0.15) is 17.0 Å². The fourth-order valence-corrected chi connectivity index (χ4v) is 8.05. The Morgan fingerprint density at radius 1 is 0.481 bits per heavy atom. The largest absolute Gasteiger partial charge is 0.485 e. The van der Waals surface area contributed by atoms with Crippen molar-refractivity contribution in [1.82, 2.24) is 15.0 Å². The molecule has 1 aliphatic carbocycles. The molecule has 52 heavy (non-hydrogen) atoms. The molecule has 9 aromatic rings. The Bertz CT molecular complexity index is 2970. The van der Waals surface area contributed by atoms with Crippen LogP contribution in [-0.4, -0.2) is 21.1 Å². The molecule has 2 unspecified atom stereocenters. The van der Waals surface area contributed by atoms with Crippen LogP contribution >= 0.6 is 0 Å². The van der Waals surface area contributed by atoms with E-state index in [0.29, 0.717) is 17.5 Å². The first-order valence-electron chi connectivity index (χ1n) is 17.6. The van der Waals surface area contributed by atoms with Crippen LogP contribution in [0, 0.1) is 0 Å². The first-order valence-corrected chi connectivity index (χ1v) is 17.6. The van der Waals surface area contributed by atoms with Crippen molar-refractivity contribution < 1.29 is 9.15 Å². The molecule has 0 N–H and O–H groups in total. The van der Waals surface area contributed by atoms with Gasteiger partial charge in [-0.1, -0.05) is 121 Å². The van der Waals surface area contributed by atoms with Crippen LogP contribution in [0.2, 0.25) is 0 Å². The lowest BCUT2D eigenvalue weighted by atomic mass is 9.79. The van der Waals surface area contributed by atoms with E-state index in [-0.39, 0.29) is 12.0 Å². The molecule has 0 radical (unpaired) electrons. The lowest BCUT2D eigenvalue weighted by Gasteiger charge is -2.24. The van der Waals surface area contributed by atoms with Gasteiger partial charge < -0.3 is 9.15 Å². The second kappa shape index (κ2) is 11.3. The molecule has 3 heterocycles. The summed E-state index contributed by atoms with van der Waals surface area (Å²) >= 11 is 0. The van der Waals surface area contributed by atoms with Gasteiger partial charge in [0.25, 0.3) is 0 Å². The van der Waals surface area contributed by atoms with E-state index >= 15 is 0 Å². The fraction of sp³-hybridized carbons (Fsp3) is 0.0426. The van der Waals surface area contributed by atoms with E-state index in [1.54, 1.807) is 0 Å². The molecule has 0 saturated carbocycles. The Labute approximate surface area is 299 Å². The Balaban J connectivity index is 1.10. The molecule has 0 fully saturated rings. The molecule has 0 saturated heterocycles. The molecule has 0 spiro atoms. The highest BCUT2D eigenvalue weighted by Crippen LogP contribution is 2.49. The van der Waals surface area contributed by atoms with Crippen molar-refractivity contribution in [2.24, 2.45) is 0 Å². The zero-order valence-electron chi connectivity index (χ0n) is 27.9. The lowest BCUT2D eigenvalue weighted by molar-refractivity contribution is 0.271. The minimum absolute atomic E-state index is 0.0319. The predicted molar refractivity (Wildman–Crippen MR) is 209 cm³/mol. The maximum absolute atomic E-state index is 6.39. The molecule has 7 aromatic carbocycles. The van der Waals surface area contributed by atoms with Gasteiger partial charge in [-0.05, 0) is 75.2 Å². The minimum atomic E-state index is -0.0319. The summed E-state index contributed by atoms with van der Waals surface area (Å²) in [6.07, 6.45) is 6.49. The number of hydrogen-bond donors (Lipinski definition) is 0. The molecule has 2 aromatic heterocycles. The Kier molecular flexibility index (Phi) is 6.31. The van der Waals surface area contributed by atoms with Crippen molar-refractivity contribution >= 4 is 49.1 Å². The van der Waals surface area contributed by atoms with Crippen molar-refractivity contribution in [3.05, 3.63) is 175 Å². The van der Waals surface area contributed by atoms with E-state index in [1.165, 1.54) is 22.1 Å². The molecule has 11 rings (SSSR count). The number of rotatable bonds is 4. The zero-order chi connectivity index (χ0) is 34.2. The molecule has 0 bridgehead atoms. The van der Waals surface area contributed by atoms with Gasteiger partial charge in [-0.25, -0.2) is 15.0 Å². The van der Waals surface area contributed by atoms with Gasteiger partial charge in [0.2, 0.25) is 0 Å².